The number of amides is 3. The Labute approximate surface area is 99.2 Å². The summed E-state index contributed by atoms with van der Waals surface area (Å²) in [6, 6.07) is -1.52. The summed E-state index contributed by atoms with van der Waals surface area (Å²) in [6.45, 7) is 5.34. The van der Waals surface area contributed by atoms with Gasteiger partial charge < -0.3 is 20.6 Å². The highest BCUT2D eigenvalue weighted by Gasteiger charge is 2.40. The minimum absolute atomic E-state index is 0.248. The van der Waals surface area contributed by atoms with Gasteiger partial charge in [0.1, 0.15) is 11.6 Å². The molecule has 1 aliphatic rings. The van der Waals surface area contributed by atoms with Gasteiger partial charge in [-0.3, -0.25) is 9.59 Å². The Morgan fingerprint density at radius 3 is 2.65 bits per heavy atom. The maximum atomic E-state index is 11.8. The molecule has 3 amide bonds. The van der Waals surface area contributed by atoms with Crippen LogP contribution in [0.3, 0.4) is 0 Å². The number of aliphatic carboxylic acids is 1. The third kappa shape index (κ3) is 2.66. The van der Waals surface area contributed by atoms with Gasteiger partial charge in [0.2, 0.25) is 5.91 Å². The number of hydrogen-bond acceptors (Lipinski definition) is 3. The fourth-order valence-corrected chi connectivity index (χ4v) is 1.58. The molecule has 3 N–H and O–H groups in total. The number of carboxylic acid groups (broad SMARTS) is 1. The van der Waals surface area contributed by atoms with Gasteiger partial charge in [-0.25, -0.2) is 4.79 Å². The summed E-state index contributed by atoms with van der Waals surface area (Å²) in [4.78, 5) is 35.4. The highest BCUT2D eigenvalue weighted by atomic mass is 16.4. The molecule has 17 heavy (non-hydrogen) atoms. The lowest BCUT2D eigenvalue weighted by Gasteiger charge is -2.41. The Morgan fingerprint density at radius 1 is 1.53 bits per heavy atom. The van der Waals surface area contributed by atoms with Gasteiger partial charge in [0, 0.05) is 13.1 Å². The smallest absolute Gasteiger partial charge is 0.325 e. The molecule has 1 fully saturated rings. The number of nitrogens with one attached hydrogen (secondary N) is 2. The Hall–Kier alpha value is -1.79. The van der Waals surface area contributed by atoms with E-state index in [-0.39, 0.29) is 5.91 Å². The Bertz CT molecular complexity index is 353. The Morgan fingerprint density at radius 2 is 2.12 bits per heavy atom. The van der Waals surface area contributed by atoms with Gasteiger partial charge in [-0.2, -0.15) is 0 Å². The lowest BCUT2D eigenvalue weighted by atomic mass is 9.99. The second kappa shape index (κ2) is 4.60. The molecule has 96 valence electrons. The number of carboxylic acids is 1. The quantitative estimate of drug-likeness (QED) is 0.602. The molecule has 7 heteroatoms. The van der Waals surface area contributed by atoms with Crippen LogP contribution in [0.1, 0.15) is 20.8 Å². The van der Waals surface area contributed by atoms with Crippen LogP contribution in [0.15, 0.2) is 0 Å². The molecule has 7 nitrogen and oxygen atoms in total. The van der Waals surface area contributed by atoms with E-state index in [9.17, 15) is 14.4 Å². The molecule has 0 aromatic rings. The monoisotopic (exact) mass is 243 g/mol. The van der Waals surface area contributed by atoms with Crippen molar-refractivity contribution in [1.29, 1.82) is 0 Å². The average molecular weight is 243 g/mol. The van der Waals surface area contributed by atoms with Crippen molar-refractivity contribution in [2.45, 2.75) is 32.4 Å². The molecule has 0 bridgehead atoms. The average Bonchev–Trinajstić information content (AvgIpc) is 2.21. The van der Waals surface area contributed by atoms with Crippen LogP contribution < -0.4 is 10.6 Å². The van der Waals surface area contributed by atoms with Gasteiger partial charge in [0.25, 0.3) is 0 Å². The molecule has 1 saturated heterocycles. The summed E-state index contributed by atoms with van der Waals surface area (Å²) >= 11 is 0. The van der Waals surface area contributed by atoms with Gasteiger partial charge in [-0.1, -0.05) is 0 Å². The number of nitrogens with zero attached hydrogens (tertiary/aromatic N) is 1. The zero-order valence-electron chi connectivity index (χ0n) is 10.1. The van der Waals surface area contributed by atoms with E-state index in [0.29, 0.717) is 13.1 Å². The van der Waals surface area contributed by atoms with Crippen molar-refractivity contribution >= 4 is 17.9 Å². The van der Waals surface area contributed by atoms with Gasteiger partial charge in [-0.05, 0) is 20.8 Å². The normalized spacial score (nSPS) is 20.4. The minimum atomic E-state index is -1.11. The molecular weight excluding hydrogens is 226 g/mol. The van der Waals surface area contributed by atoms with E-state index in [4.69, 9.17) is 5.11 Å². The predicted molar refractivity (Wildman–Crippen MR) is 59.4 cm³/mol. The zero-order valence-corrected chi connectivity index (χ0v) is 10.1. The number of hydrogen-bond donors (Lipinski definition) is 3. The Kier molecular flexibility index (Phi) is 3.59. The second-order valence-corrected chi connectivity index (χ2v) is 4.48. The van der Waals surface area contributed by atoms with Crippen LogP contribution in [0.5, 0.6) is 0 Å². The van der Waals surface area contributed by atoms with E-state index in [1.807, 2.05) is 0 Å². The van der Waals surface area contributed by atoms with Crippen LogP contribution in [-0.4, -0.2) is 52.6 Å². The molecule has 1 rings (SSSR count). The minimum Gasteiger partial charge on any atom is -0.480 e. The molecule has 0 spiro atoms. The summed E-state index contributed by atoms with van der Waals surface area (Å²) in [5.41, 5.74) is -0.972. The first kappa shape index (κ1) is 13.3. The summed E-state index contributed by atoms with van der Waals surface area (Å²) in [5, 5.41) is 13.7. The molecule has 0 aliphatic carbocycles. The SMILES string of the molecule is C[C@@H](NC(=O)N1CCNC(=O)C1(C)C)C(=O)O. The molecule has 1 aliphatic heterocycles. The largest absolute Gasteiger partial charge is 0.480 e. The lowest BCUT2D eigenvalue weighted by molar-refractivity contribution is -0.138. The van der Waals surface area contributed by atoms with Crippen molar-refractivity contribution in [1.82, 2.24) is 15.5 Å². The van der Waals surface area contributed by atoms with E-state index in [2.05, 4.69) is 10.6 Å². The predicted octanol–water partition coefficient (Wildman–Crippen LogP) is -0.620. The first-order valence-corrected chi connectivity index (χ1v) is 5.36. The fourth-order valence-electron chi connectivity index (χ4n) is 1.58. The van der Waals surface area contributed by atoms with Gasteiger partial charge >= 0.3 is 12.0 Å². The van der Waals surface area contributed by atoms with Crippen molar-refractivity contribution in [2.75, 3.05) is 13.1 Å². The molecule has 0 saturated carbocycles. The van der Waals surface area contributed by atoms with E-state index >= 15 is 0 Å². The van der Waals surface area contributed by atoms with Crippen LogP contribution in [0.2, 0.25) is 0 Å². The van der Waals surface area contributed by atoms with Crippen molar-refractivity contribution in [3.63, 3.8) is 0 Å². The molecule has 0 aromatic carbocycles. The second-order valence-electron chi connectivity index (χ2n) is 4.48. The molecule has 1 heterocycles. The van der Waals surface area contributed by atoms with Crippen molar-refractivity contribution in [3.05, 3.63) is 0 Å². The van der Waals surface area contributed by atoms with Gasteiger partial charge in [0.05, 0.1) is 0 Å². The summed E-state index contributed by atoms with van der Waals surface area (Å²) in [7, 11) is 0. The number of piperazine rings is 1. The number of urea groups is 1. The van der Waals surface area contributed by atoms with Crippen molar-refractivity contribution in [2.24, 2.45) is 0 Å². The molecule has 0 radical (unpaired) electrons. The van der Waals surface area contributed by atoms with Crippen LogP contribution in [-0.2, 0) is 9.59 Å². The zero-order chi connectivity index (χ0) is 13.2. The number of rotatable bonds is 2. The number of carbonyl (C=O) groups is 3. The summed E-state index contributed by atoms with van der Waals surface area (Å²) in [5.74, 6) is -1.36. The van der Waals surface area contributed by atoms with E-state index in [1.54, 1.807) is 13.8 Å². The molecule has 1 atom stereocenters. The number of carbonyl (C=O) groups excluding carboxylic acids is 2. The van der Waals surface area contributed by atoms with Crippen LogP contribution in [0, 0.1) is 0 Å². The molecule has 0 aromatic heterocycles. The highest BCUT2D eigenvalue weighted by Crippen LogP contribution is 2.17. The maximum Gasteiger partial charge on any atom is 0.325 e. The highest BCUT2D eigenvalue weighted by molar-refractivity contribution is 5.92. The van der Waals surface area contributed by atoms with Crippen LogP contribution in [0.4, 0.5) is 4.79 Å². The molecular formula is C10H17N3O4. The fraction of sp³-hybridized carbons (Fsp3) is 0.700. The van der Waals surface area contributed by atoms with Crippen molar-refractivity contribution < 1.29 is 19.5 Å². The van der Waals surface area contributed by atoms with Gasteiger partial charge in [0.15, 0.2) is 0 Å². The topological polar surface area (TPSA) is 98.7 Å². The molecule has 0 unspecified atom stereocenters. The third-order valence-electron chi connectivity index (χ3n) is 2.81. The first-order chi connectivity index (χ1) is 7.76. The Balaban J connectivity index is 2.74. The standard InChI is InChI=1S/C10H17N3O4/c1-6(7(14)15)12-9(17)13-5-4-11-8(16)10(13,2)3/h6H,4-5H2,1-3H3,(H,11,16)(H,12,17)(H,14,15)/t6-/m1/s1. The first-order valence-electron chi connectivity index (χ1n) is 5.36. The van der Waals surface area contributed by atoms with Crippen LogP contribution >= 0.6 is 0 Å². The van der Waals surface area contributed by atoms with Crippen molar-refractivity contribution in [3.8, 4) is 0 Å². The van der Waals surface area contributed by atoms with Gasteiger partial charge in [-0.15, -0.1) is 0 Å². The maximum absolute atomic E-state index is 11.8. The van der Waals surface area contributed by atoms with E-state index < -0.39 is 23.6 Å². The van der Waals surface area contributed by atoms with E-state index in [1.165, 1.54) is 11.8 Å². The summed E-state index contributed by atoms with van der Waals surface area (Å²) in [6.07, 6.45) is 0. The van der Waals surface area contributed by atoms with E-state index in [0.717, 1.165) is 0 Å². The lowest BCUT2D eigenvalue weighted by Crippen LogP contribution is -2.66. The third-order valence-corrected chi connectivity index (χ3v) is 2.81. The van der Waals surface area contributed by atoms with Crippen LogP contribution in [0.25, 0.3) is 0 Å². The summed E-state index contributed by atoms with van der Waals surface area (Å²) < 4.78 is 0.